The van der Waals surface area contributed by atoms with Crippen LogP contribution in [-0.2, 0) is 11.3 Å². The molecule has 0 aliphatic heterocycles. The Morgan fingerprint density at radius 2 is 2.04 bits per heavy atom. The van der Waals surface area contributed by atoms with Crippen LogP contribution in [0.25, 0.3) is 10.9 Å². The second kappa shape index (κ2) is 8.59. The summed E-state index contributed by atoms with van der Waals surface area (Å²) in [5, 5.41) is 4.66. The van der Waals surface area contributed by atoms with E-state index in [2.05, 4.69) is 10.3 Å². The lowest BCUT2D eigenvalue weighted by molar-refractivity contribution is -0.113. The standard InChI is InChI=1S/C20H20ClN3O2S/c1-3-10-24-19(26)15-6-4-5-7-17(15)23-20(24)27-12-18(25)22-16-9-8-14(21)11-13(16)2/h4-9,11H,3,10,12H2,1-2H3,(H,22,25). The van der Waals surface area contributed by atoms with Gasteiger partial charge in [-0.3, -0.25) is 14.2 Å². The van der Waals surface area contributed by atoms with E-state index >= 15 is 0 Å². The van der Waals surface area contributed by atoms with Gasteiger partial charge in [0, 0.05) is 17.3 Å². The summed E-state index contributed by atoms with van der Waals surface area (Å²) in [4.78, 5) is 29.7. The average molecular weight is 402 g/mol. The zero-order valence-corrected chi connectivity index (χ0v) is 16.7. The van der Waals surface area contributed by atoms with Gasteiger partial charge in [-0.05, 0) is 49.2 Å². The van der Waals surface area contributed by atoms with Crippen molar-refractivity contribution in [3.8, 4) is 0 Å². The fourth-order valence-corrected chi connectivity index (χ4v) is 3.81. The van der Waals surface area contributed by atoms with Crippen LogP contribution in [0.15, 0.2) is 52.4 Å². The number of halogens is 1. The van der Waals surface area contributed by atoms with Crippen LogP contribution in [0.2, 0.25) is 5.02 Å². The third-order valence-corrected chi connectivity index (χ3v) is 5.28. The maximum absolute atomic E-state index is 12.7. The number of para-hydroxylation sites is 1. The number of fused-ring (bicyclic) bond motifs is 1. The molecule has 1 amide bonds. The van der Waals surface area contributed by atoms with E-state index in [9.17, 15) is 9.59 Å². The molecule has 140 valence electrons. The minimum atomic E-state index is -0.157. The molecule has 0 aliphatic carbocycles. The largest absolute Gasteiger partial charge is 0.325 e. The molecule has 1 heterocycles. The highest BCUT2D eigenvalue weighted by atomic mass is 35.5. The van der Waals surface area contributed by atoms with E-state index in [4.69, 9.17) is 11.6 Å². The van der Waals surface area contributed by atoms with Crippen LogP contribution in [0, 0.1) is 6.92 Å². The Morgan fingerprint density at radius 1 is 1.26 bits per heavy atom. The summed E-state index contributed by atoms with van der Waals surface area (Å²) < 4.78 is 1.65. The van der Waals surface area contributed by atoms with Crippen molar-refractivity contribution in [1.82, 2.24) is 9.55 Å². The highest BCUT2D eigenvalue weighted by molar-refractivity contribution is 7.99. The lowest BCUT2D eigenvalue weighted by Crippen LogP contribution is -2.24. The number of hydrogen-bond donors (Lipinski definition) is 1. The molecule has 0 atom stereocenters. The summed E-state index contributed by atoms with van der Waals surface area (Å²) in [7, 11) is 0. The van der Waals surface area contributed by atoms with Gasteiger partial charge in [-0.25, -0.2) is 4.98 Å². The molecular formula is C20H20ClN3O2S. The number of carbonyl (C=O) groups excluding carboxylic acids is 1. The van der Waals surface area contributed by atoms with Crippen molar-refractivity contribution in [1.29, 1.82) is 0 Å². The number of rotatable bonds is 6. The van der Waals surface area contributed by atoms with Gasteiger partial charge in [-0.2, -0.15) is 0 Å². The Bertz CT molecular complexity index is 1050. The summed E-state index contributed by atoms with van der Waals surface area (Å²) in [5.74, 6) is 0.00666. The van der Waals surface area contributed by atoms with E-state index < -0.39 is 0 Å². The number of amides is 1. The Morgan fingerprint density at radius 3 is 2.78 bits per heavy atom. The van der Waals surface area contributed by atoms with E-state index in [0.717, 1.165) is 17.7 Å². The van der Waals surface area contributed by atoms with Crippen LogP contribution in [-0.4, -0.2) is 21.2 Å². The van der Waals surface area contributed by atoms with Gasteiger partial charge >= 0.3 is 0 Å². The van der Waals surface area contributed by atoms with E-state index in [-0.39, 0.29) is 17.2 Å². The molecule has 0 saturated heterocycles. The number of anilines is 1. The number of nitrogens with one attached hydrogen (secondary N) is 1. The number of aromatic nitrogens is 2. The van der Waals surface area contributed by atoms with E-state index in [1.165, 1.54) is 11.8 Å². The summed E-state index contributed by atoms with van der Waals surface area (Å²) in [6, 6.07) is 12.6. The Kier molecular flexibility index (Phi) is 6.19. The van der Waals surface area contributed by atoms with Gasteiger partial charge in [0.25, 0.3) is 5.56 Å². The maximum Gasteiger partial charge on any atom is 0.262 e. The topological polar surface area (TPSA) is 64.0 Å². The molecule has 1 N–H and O–H groups in total. The Balaban J connectivity index is 1.80. The summed E-state index contributed by atoms with van der Waals surface area (Å²) >= 11 is 7.21. The Labute approximate surface area is 166 Å². The Hall–Kier alpha value is -2.31. The molecule has 3 rings (SSSR count). The van der Waals surface area contributed by atoms with Gasteiger partial charge in [0.05, 0.1) is 16.7 Å². The molecule has 0 bridgehead atoms. The predicted molar refractivity (Wildman–Crippen MR) is 112 cm³/mol. The van der Waals surface area contributed by atoms with Gasteiger partial charge in [-0.15, -0.1) is 0 Å². The SMILES string of the molecule is CCCn1c(SCC(=O)Nc2ccc(Cl)cc2C)nc2ccccc2c1=O. The van der Waals surface area contributed by atoms with Crippen LogP contribution in [0.4, 0.5) is 5.69 Å². The molecule has 1 aromatic heterocycles. The first-order chi connectivity index (χ1) is 13.0. The minimum absolute atomic E-state index is 0.0705. The molecule has 0 aliphatic rings. The number of carbonyl (C=O) groups is 1. The molecule has 0 unspecified atom stereocenters. The monoisotopic (exact) mass is 401 g/mol. The fraction of sp³-hybridized carbons (Fsp3) is 0.250. The van der Waals surface area contributed by atoms with Crippen LogP contribution in [0.5, 0.6) is 0 Å². The van der Waals surface area contributed by atoms with Gasteiger partial charge in [-0.1, -0.05) is 42.4 Å². The molecule has 5 nitrogen and oxygen atoms in total. The molecule has 0 fully saturated rings. The number of nitrogens with zero attached hydrogens (tertiary/aromatic N) is 2. The fourth-order valence-electron chi connectivity index (χ4n) is 2.76. The first-order valence-corrected chi connectivity index (χ1v) is 10.0. The van der Waals surface area contributed by atoms with Crippen molar-refractivity contribution in [2.45, 2.75) is 32.0 Å². The smallest absolute Gasteiger partial charge is 0.262 e. The van der Waals surface area contributed by atoms with Gasteiger partial charge in [0.2, 0.25) is 5.91 Å². The summed E-state index contributed by atoms with van der Waals surface area (Å²) in [5.41, 5.74) is 2.19. The minimum Gasteiger partial charge on any atom is -0.325 e. The molecule has 7 heteroatoms. The second-order valence-electron chi connectivity index (χ2n) is 6.16. The number of benzene rings is 2. The second-order valence-corrected chi connectivity index (χ2v) is 7.54. The highest BCUT2D eigenvalue weighted by Crippen LogP contribution is 2.21. The van der Waals surface area contributed by atoms with Gasteiger partial charge in [0.15, 0.2) is 5.16 Å². The van der Waals surface area contributed by atoms with Crippen molar-refractivity contribution < 1.29 is 4.79 Å². The number of thioether (sulfide) groups is 1. The van der Waals surface area contributed by atoms with Crippen LogP contribution in [0.1, 0.15) is 18.9 Å². The zero-order valence-electron chi connectivity index (χ0n) is 15.2. The lowest BCUT2D eigenvalue weighted by atomic mass is 10.2. The molecule has 3 aromatic rings. The van der Waals surface area contributed by atoms with Crippen molar-refractivity contribution >= 4 is 45.9 Å². The molecule has 0 radical (unpaired) electrons. The molecule has 2 aromatic carbocycles. The molecule has 27 heavy (non-hydrogen) atoms. The maximum atomic E-state index is 12.7. The zero-order chi connectivity index (χ0) is 19.4. The lowest BCUT2D eigenvalue weighted by Gasteiger charge is -2.13. The van der Waals surface area contributed by atoms with Crippen LogP contribution < -0.4 is 10.9 Å². The first-order valence-electron chi connectivity index (χ1n) is 8.68. The first kappa shape index (κ1) is 19.5. The van der Waals surface area contributed by atoms with Crippen molar-refractivity contribution in [3.05, 3.63) is 63.4 Å². The van der Waals surface area contributed by atoms with Gasteiger partial charge < -0.3 is 5.32 Å². The van der Waals surface area contributed by atoms with E-state index in [1.54, 1.807) is 28.8 Å². The van der Waals surface area contributed by atoms with E-state index in [1.807, 2.05) is 32.0 Å². The number of aryl methyl sites for hydroxylation is 1. The third kappa shape index (κ3) is 4.51. The summed E-state index contributed by atoms with van der Waals surface area (Å²) in [6.07, 6.45) is 0.809. The summed E-state index contributed by atoms with van der Waals surface area (Å²) in [6.45, 7) is 4.46. The van der Waals surface area contributed by atoms with Crippen molar-refractivity contribution in [2.75, 3.05) is 11.1 Å². The average Bonchev–Trinajstić information content (AvgIpc) is 2.65. The molecular weight excluding hydrogens is 382 g/mol. The normalized spacial score (nSPS) is 10.9. The molecule has 0 saturated carbocycles. The highest BCUT2D eigenvalue weighted by Gasteiger charge is 2.13. The van der Waals surface area contributed by atoms with Crippen LogP contribution >= 0.6 is 23.4 Å². The molecule has 0 spiro atoms. The van der Waals surface area contributed by atoms with Crippen LogP contribution in [0.3, 0.4) is 0 Å². The number of hydrogen-bond acceptors (Lipinski definition) is 4. The van der Waals surface area contributed by atoms with Crippen molar-refractivity contribution in [3.63, 3.8) is 0 Å². The van der Waals surface area contributed by atoms with Crippen molar-refractivity contribution in [2.24, 2.45) is 0 Å². The quantitative estimate of drug-likeness (QED) is 0.488. The third-order valence-electron chi connectivity index (χ3n) is 4.07. The van der Waals surface area contributed by atoms with Gasteiger partial charge in [0.1, 0.15) is 0 Å². The van der Waals surface area contributed by atoms with E-state index in [0.29, 0.717) is 27.6 Å². The predicted octanol–water partition coefficient (Wildman–Crippen LogP) is 4.50.